The van der Waals surface area contributed by atoms with Crippen LogP contribution >= 0.6 is 0 Å². The topological polar surface area (TPSA) is 52.5 Å². The number of anilines is 2. The van der Waals surface area contributed by atoms with Gasteiger partial charge in [0.1, 0.15) is 5.82 Å². The Morgan fingerprint density at radius 1 is 1.13 bits per heavy atom. The summed E-state index contributed by atoms with van der Waals surface area (Å²) in [7, 11) is 3.92. The average Bonchev–Trinajstić information content (AvgIpc) is 2.62. The van der Waals surface area contributed by atoms with Crippen molar-refractivity contribution in [2.75, 3.05) is 37.0 Å². The van der Waals surface area contributed by atoms with Gasteiger partial charge in [0.05, 0.1) is 6.61 Å². The van der Waals surface area contributed by atoms with Gasteiger partial charge in [0.2, 0.25) is 5.95 Å². The molecule has 1 fully saturated rings. The summed E-state index contributed by atoms with van der Waals surface area (Å²) in [6, 6.07) is 10.3. The van der Waals surface area contributed by atoms with E-state index in [1.165, 1.54) is 5.56 Å². The first-order valence-corrected chi connectivity index (χ1v) is 8.12. The number of aliphatic hydroxyl groups is 1. The third kappa shape index (κ3) is 3.62. The number of hydrogen-bond donors (Lipinski definition) is 1. The molecule has 1 aliphatic rings. The van der Waals surface area contributed by atoms with Crippen molar-refractivity contribution in [1.82, 2.24) is 9.97 Å². The minimum Gasteiger partial charge on any atom is -0.392 e. The second-order valence-electron chi connectivity index (χ2n) is 6.27. The van der Waals surface area contributed by atoms with Gasteiger partial charge in [0.25, 0.3) is 0 Å². The highest BCUT2D eigenvalue weighted by Gasteiger charge is 2.21. The zero-order chi connectivity index (χ0) is 16.2. The van der Waals surface area contributed by atoms with Gasteiger partial charge in [-0.1, -0.05) is 24.3 Å². The van der Waals surface area contributed by atoms with Crippen LogP contribution in [0.2, 0.25) is 0 Å². The summed E-state index contributed by atoms with van der Waals surface area (Å²) in [4.78, 5) is 13.2. The SMILES string of the molecule is CN(C)c1nccc(N2CCC(c3ccc(CO)cc3)CC2)n1. The Bertz CT molecular complexity index is 634. The van der Waals surface area contributed by atoms with Crippen molar-refractivity contribution in [3.05, 3.63) is 47.7 Å². The van der Waals surface area contributed by atoms with Crippen LogP contribution in [0.25, 0.3) is 0 Å². The summed E-state index contributed by atoms with van der Waals surface area (Å²) in [6.07, 6.45) is 4.08. The molecule has 1 aromatic heterocycles. The molecule has 1 saturated heterocycles. The quantitative estimate of drug-likeness (QED) is 0.939. The van der Waals surface area contributed by atoms with Crippen LogP contribution in [0.15, 0.2) is 36.5 Å². The lowest BCUT2D eigenvalue weighted by molar-refractivity contribution is 0.282. The lowest BCUT2D eigenvalue weighted by Crippen LogP contribution is -2.33. The molecule has 2 heterocycles. The minimum atomic E-state index is 0.112. The number of aromatic nitrogens is 2. The lowest BCUT2D eigenvalue weighted by atomic mass is 9.89. The van der Waals surface area contributed by atoms with E-state index in [0.29, 0.717) is 5.92 Å². The molecule has 122 valence electrons. The highest BCUT2D eigenvalue weighted by atomic mass is 16.3. The molecular weight excluding hydrogens is 288 g/mol. The predicted molar refractivity (Wildman–Crippen MR) is 92.9 cm³/mol. The third-order valence-electron chi connectivity index (χ3n) is 4.48. The first kappa shape index (κ1) is 15.7. The standard InChI is InChI=1S/C18H24N4O/c1-21(2)18-19-10-7-17(20-18)22-11-8-16(9-12-22)15-5-3-14(13-23)4-6-15/h3-7,10,16,23H,8-9,11-13H2,1-2H3. The smallest absolute Gasteiger partial charge is 0.226 e. The van der Waals surface area contributed by atoms with E-state index in [9.17, 15) is 0 Å². The Labute approximate surface area is 137 Å². The molecule has 5 nitrogen and oxygen atoms in total. The molecule has 1 aromatic carbocycles. The van der Waals surface area contributed by atoms with E-state index in [1.54, 1.807) is 0 Å². The van der Waals surface area contributed by atoms with Crippen molar-refractivity contribution in [2.24, 2.45) is 0 Å². The summed E-state index contributed by atoms with van der Waals surface area (Å²) in [5, 5.41) is 9.14. The van der Waals surface area contributed by atoms with Gasteiger partial charge in [-0.05, 0) is 36.0 Å². The van der Waals surface area contributed by atoms with E-state index in [2.05, 4.69) is 27.0 Å². The molecule has 0 atom stereocenters. The monoisotopic (exact) mass is 312 g/mol. The Kier molecular flexibility index (Phi) is 4.76. The van der Waals surface area contributed by atoms with E-state index in [1.807, 2.05) is 43.4 Å². The Balaban J connectivity index is 1.64. The maximum absolute atomic E-state index is 9.14. The number of hydrogen-bond acceptors (Lipinski definition) is 5. The molecule has 1 aliphatic heterocycles. The number of benzene rings is 1. The van der Waals surface area contributed by atoms with Crippen LogP contribution in [-0.2, 0) is 6.61 Å². The van der Waals surface area contributed by atoms with Crippen LogP contribution in [0.4, 0.5) is 11.8 Å². The molecule has 0 radical (unpaired) electrons. The van der Waals surface area contributed by atoms with E-state index in [0.717, 1.165) is 43.3 Å². The van der Waals surface area contributed by atoms with Crippen molar-refractivity contribution < 1.29 is 5.11 Å². The van der Waals surface area contributed by atoms with Gasteiger partial charge in [0.15, 0.2) is 0 Å². The normalized spacial score (nSPS) is 15.7. The number of rotatable bonds is 4. The molecule has 0 aliphatic carbocycles. The Morgan fingerprint density at radius 2 is 1.83 bits per heavy atom. The highest BCUT2D eigenvalue weighted by molar-refractivity contribution is 5.43. The number of piperidine rings is 1. The third-order valence-corrected chi connectivity index (χ3v) is 4.48. The minimum absolute atomic E-state index is 0.112. The van der Waals surface area contributed by atoms with Crippen molar-refractivity contribution in [1.29, 1.82) is 0 Å². The van der Waals surface area contributed by atoms with Gasteiger partial charge in [0, 0.05) is 33.4 Å². The highest BCUT2D eigenvalue weighted by Crippen LogP contribution is 2.30. The van der Waals surface area contributed by atoms with Crippen LogP contribution in [0, 0.1) is 0 Å². The van der Waals surface area contributed by atoms with Gasteiger partial charge in [-0.15, -0.1) is 0 Å². The average molecular weight is 312 g/mol. The zero-order valence-electron chi connectivity index (χ0n) is 13.8. The Hall–Kier alpha value is -2.14. The fourth-order valence-electron chi connectivity index (χ4n) is 3.07. The molecule has 0 amide bonds. The second-order valence-corrected chi connectivity index (χ2v) is 6.27. The lowest BCUT2D eigenvalue weighted by Gasteiger charge is -2.33. The maximum Gasteiger partial charge on any atom is 0.226 e. The van der Waals surface area contributed by atoms with Gasteiger partial charge in [-0.2, -0.15) is 4.98 Å². The molecule has 1 N–H and O–H groups in total. The van der Waals surface area contributed by atoms with Gasteiger partial charge >= 0.3 is 0 Å². The van der Waals surface area contributed by atoms with E-state index >= 15 is 0 Å². The zero-order valence-corrected chi connectivity index (χ0v) is 13.8. The molecule has 23 heavy (non-hydrogen) atoms. The van der Waals surface area contributed by atoms with Crippen LogP contribution < -0.4 is 9.80 Å². The van der Waals surface area contributed by atoms with E-state index in [-0.39, 0.29) is 6.61 Å². The van der Waals surface area contributed by atoms with Crippen LogP contribution in [0.5, 0.6) is 0 Å². The summed E-state index contributed by atoms with van der Waals surface area (Å²) < 4.78 is 0. The second kappa shape index (κ2) is 6.96. The van der Waals surface area contributed by atoms with Gasteiger partial charge < -0.3 is 14.9 Å². The predicted octanol–water partition coefficient (Wildman–Crippen LogP) is 2.42. The van der Waals surface area contributed by atoms with Gasteiger partial charge in [-0.3, -0.25) is 0 Å². The molecule has 2 aromatic rings. The Morgan fingerprint density at radius 3 is 2.43 bits per heavy atom. The van der Waals surface area contributed by atoms with E-state index in [4.69, 9.17) is 5.11 Å². The molecule has 0 unspecified atom stereocenters. The largest absolute Gasteiger partial charge is 0.392 e. The van der Waals surface area contributed by atoms with Crippen LogP contribution in [0.3, 0.4) is 0 Å². The maximum atomic E-state index is 9.14. The summed E-state index contributed by atoms with van der Waals surface area (Å²) >= 11 is 0. The van der Waals surface area contributed by atoms with Crippen LogP contribution in [-0.4, -0.2) is 42.3 Å². The summed E-state index contributed by atoms with van der Waals surface area (Å²) in [6.45, 7) is 2.13. The first-order valence-electron chi connectivity index (χ1n) is 8.12. The fraction of sp³-hybridized carbons (Fsp3) is 0.444. The van der Waals surface area contributed by atoms with Crippen LogP contribution in [0.1, 0.15) is 29.9 Å². The molecule has 0 saturated carbocycles. The molecular formula is C18H24N4O. The van der Waals surface area contributed by atoms with Crippen molar-refractivity contribution in [3.63, 3.8) is 0 Å². The first-order chi connectivity index (χ1) is 11.2. The molecule has 0 bridgehead atoms. The fourth-order valence-corrected chi connectivity index (χ4v) is 3.07. The number of aliphatic hydroxyl groups excluding tert-OH is 1. The summed E-state index contributed by atoms with van der Waals surface area (Å²) in [5.41, 5.74) is 2.35. The van der Waals surface area contributed by atoms with Crippen molar-refractivity contribution in [2.45, 2.75) is 25.4 Å². The summed E-state index contributed by atoms with van der Waals surface area (Å²) in [5.74, 6) is 2.36. The van der Waals surface area contributed by atoms with E-state index < -0.39 is 0 Å². The number of nitrogens with zero attached hydrogens (tertiary/aromatic N) is 4. The van der Waals surface area contributed by atoms with Crippen molar-refractivity contribution >= 4 is 11.8 Å². The van der Waals surface area contributed by atoms with Gasteiger partial charge in [-0.25, -0.2) is 4.98 Å². The molecule has 3 rings (SSSR count). The molecule has 5 heteroatoms. The molecule has 0 spiro atoms. The van der Waals surface area contributed by atoms with Crippen molar-refractivity contribution in [3.8, 4) is 0 Å².